The fraction of sp³-hybridized carbons (Fsp3) is 0.583. The molecule has 0 aliphatic carbocycles. The molecule has 0 spiro atoms. The molecule has 0 saturated carbocycles. The number of H-pyrrole nitrogens is 1. The number of carbonyl (C=O) groups is 2. The highest BCUT2D eigenvalue weighted by atomic mass is 16.4. The molecule has 0 radical (unpaired) electrons. The van der Waals surface area contributed by atoms with Crippen molar-refractivity contribution in [2.24, 2.45) is 5.92 Å². The first-order chi connectivity index (χ1) is 9.00. The summed E-state index contributed by atoms with van der Waals surface area (Å²) in [7, 11) is 1.58. The van der Waals surface area contributed by atoms with Gasteiger partial charge in [0, 0.05) is 39.0 Å². The maximum Gasteiger partial charge on any atom is 0.317 e. The number of amides is 2. The number of hydrogen-bond acceptors (Lipinski definition) is 3. The second-order valence-electron chi connectivity index (χ2n) is 4.49. The fourth-order valence-electron chi connectivity index (χ4n) is 1.59. The first-order valence-electron chi connectivity index (χ1n) is 6.20. The Bertz CT molecular complexity index is 405. The molecular formula is C12H20N4O3. The maximum atomic E-state index is 11.7. The van der Waals surface area contributed by atoms with E-state index in [9.17, 15) is 9.59 Å². The van der Waals surface area contributed by atoms with Gasteiger partial charge >= 0.3 is 12.0 Å². The Kier molecular flexibility index (Phi) is 5.84. The summed E-state index contributed by atoms with van der Waals surface area (Å²) in [5, 5.41) is 11.5. The highest BCUT2D eigenvalue weighted by Gasteiger charge is 2.16. The van der Waals surface area contributed by atoms with Crippen molar-refractivity contribution in [2.45, 2.75) is 19.8 Å². The number of aromatic nitrogens is 2. The molecule has 19 heavy (non-hydrogen) atoms. The fourth-order valence-corrected chi connectivity index (χ4v) is 1.59. The summed E-state index contributed by atoms with van der Waals surface area (Å²) in [6.45, 7) is 2.30. The Balaban J connectivity index is 2.17. The van der Waals surface area contributed by atoms with Gasteiger partial charge < -0.3 is 20.3 Å². The van der Waals surface area contributed by atoms with Gasteiger partial charge in [-0.3, -0.25) is 4.79 Å². The van der Waals surface area contributed by atoms with Gasteiger partial charge in [-0.15, -0.1) is 0 Å². The van der Waals surface area contributed by atoms with E-state index in [1.54, 1.807) is 26.4 Å². The summed E-state index contributed by atoms with van der Waals surface area (Å²) in [5.74, 6) is -0.585. The highest BCUT2D eigenvalue weighted by Crippen LogP contribution is 1.99. The molecule has 0 aliphatic heterocycles. The lowest BCUT2D eigenvalue weighted by molar-refractivity contribution is -0.141. The van der Waals surface area contributed by atoms with Crippen LogP contribution in [0.1, 0.15) is 19.2 Å². The van der Waals surface area contributed by atoms with Crippen molar-refractivity contribution in [3.05, 3.63) is 18.2 Å². The van der Waals surface area contributed by atoms with Gasteiger partial charge in [-0.1, -0.05) is 6.92 Å². The molecular weight excluding hydrogens is 248 g/mol. The number of nitrogens with one attached hydrogen (secondary N) is 2. The molecule has 0 aliphatic rings. The van der Waals surface area contributed by atoms with Gasteiger partial charge in [0.05, 0.1) is 5.92 Å². The van der Waals surface area contributed by atoms with Crippen molar-refractivity contribution in [2.75, 3.05) is 20.1 Å². The molecule has 0 saturated heterocycles. The lowest BCUT2D eigenvalue weighted by atomic mass is 10.2. The van der Waals surface area contributed by atoms with Crippen LogP contribution in [-0.4, -0.2) is 52.1 Å². The van der Waals surface area contributed by atoms with Crippen LogP contribution in [0.2, 0.25) is 0 Å². The number of carboxylic acid groups (broad SMARTS) is 1. The van der Waals surface area contributed by atoms with Crippen LogP contribution in [0.3, 0.4) is 0 Å². The number of aliphatic carboxylic acids is 1. The third-order valence-electron chi connectivity index (χ3n) is 2.74. The Hall–Kier alpha value is -2.05. The summed E-state index contributed by atoms with van der Waals surface area (Å²) < 4.78 is 0. The second-order valence-corrected chi connectivity index (χ2v) is 4.49. The molecule has 0 bridgehead atoms. The average molecular weight is 268 g/mol. The molecule has 1 unspecified atom stereocenters. The molecule has 3 N–H and O–H groups in total. The smallest absolute Gasteiger partial charge is 0.317 e. The minimum atomic E-state index is -0.905. The second kappa shape index (κ2) is 7.40. The summed E-state index contributed by atoms with van der Waals surface area (Å²) in [4.78, 5) is 30.8. The van der Waals surface area contributed by atoms with Crippen molar-refractivity contribution < 1.29 is 14.7 Å². The van der Waals surface area contributed by atoms with E-state index in [-0.39, 0.29) is 12.6 Å². The molecule has 7 heteroatoms. The van der Waals surface area contributed by atoms with Crippen molar-refractivity contribution >= 4 is 12.0 Å². The Morgan fingerprint density at radius 1 is 1.58 bits per heavy atom. The monoisotopic (exact) mass is 268 g/mol. The van der Waals surface area contributed by atoms with E-state index < -0.39 is 11.9 Å². The van der Waals surface area contributed by atoms with Crippen molar-refractivity contribution in [1.29, 1.82) is 0 Å². The number of carbonyl (C=O) groups excluding carboxylic acids is 1. The van der Waals surface area contributed by atoms with Gasteiger partial charge in [0.15, 0.2) is 0 Å². The highest BCUT2D eigenvalue weighted by molar-refractivity contribution is 5.75. The van der Waals surface area contributed by atoms with E-state index in [2.05, 4.69) is 15.3 Å². The number of carboxylic acids is 1. The van der Waals surface area contributed by atoms with E-state index >= 15 is 0 Å². The predicted molar refractivity (Wildman–Crippen MR) is 69.7 cm³/mol. The quantitative estimate of drug-likeness (QED) is 0.634. The van der Waals surface area contributed by atoms with Gasteiger partial charge in [-0.2, -0.15) is 0 Å². The van der Waals surface area contributed by atoms with E-state index in [1.165, 1.54) is 4.90 Å². The van der Waals surface area contributed by atoms with E-state index in [0.29, 0.717) is 6.54 Å². The topological polar surface area (TPSA) is 98.3 Å². The predicted octanol–water partition coefficient (Wildman–Crippen LogP) is 0.704. The SMILES string of the molecule is CC(CN(C)C(=O)NCCCc1ncc[nH]1)C(=O)O. The van der Waals surface area contributed by atoms with Crippen LogP contribution in [0.15, 0.2) is 12.4 Å². The van der Waals surface area contributed by atoms with Gasteiger partial charge in [0.1, 0.15) is 5.82 Å². The van der Waals surface area contributed by atoms with Gasteiger partial charge in [-0.05, 0) is 6.42 Å². The Morgan fingerprint density at radius 2 is 2.32 bits per heavy atom. The third kappa shape index (κ3) is 5.41. The van der Waals surface area contributed by atoms with Gasteiger partial charge in [0.2, 0.25) is 0 Å². The molecule has 1 atom stereocenters. The van der Waals surface area contributed by atoms with Crippen molar-refractivity contribution in [3.63, 3.8) is 0 Å². The van der Waals surface area contributed by atoms with E-state index in [4.69, 9.17) is 5.11 Å². The number of imidazole rings is 1. The van der Waals surface area contributed by atoms with Crippen LogP contribution in [0.4, 0.5) is 4.79 Å². The van der Waals surface area contributed by atoms with Gasteiger partial charge in [0.25, 0.3) is 0 Å². The maximum absolute atomic E-state index is 11.7. The molecule has 0 fully saturated rings. The zero-order chi connectivity index (χ0) is 14.3. The third-order valence-corrected chi connectivity index (χ3v) is 2.74. The molecule has 7 nitrogen and oxygen atoms in total. The lowest BCUT2D eigenvalue weighted by Crippen LogP contribution is -2.41. The first kappa shape index (κ1) is 15.0. The van der Waals surface area contributed by atoms with Crippen LogP contribution in [0.5, 0.6) is 0 Å². The number of rotatable bonds is 7. The number of nitrogens with zero attached hydrogens (tertiary/aromatic N) is 2. The largest absolute Gasteiger partial charge is 0.481 e. The number of aromatic amines is 1. The normalized spacial score (nSPS) is 11.9. The minimum Gasteiger partial charge on any atom is -0.481 e. The molecule has 2 amide bonds. The van der Waals surface area contributed by atoms with Crippen molar-refractivity contribution in [3.8, 4) is 0 Å². The molecule has 106 valence electrons. The van der Waals surface area contributed by atoms with Crippen LogP contribution in [-0.2, 0) is 11.2 Å². The minimum absolute atomic E-state index is 0.194. The summed E-state index contributed by atoms with van der Waals surface area (Å²) in [6.07, 6.45) is 4.99. The van der Waals surface area contributed by atoms with Crippen molar-refractivity contribution in [1.82, 2.24) is 20.2 Å². The summed E-state index contributed by atoms with van der Waals surface area (Å²) in [5.41, 5.74) is 0. The van der Waals surface area contributed by atoms with Crippen LogP contribution < -0.4 is 5.32 Å². The van der Waals surface area contributed by atoms with E-state index in [0.717, 1.165) is 18.7 Å². The molecule has 0 aromatic carbocycles. The average Bonchev–Trinajstić information content (AvgIpc) is 2.87. The zero-order valence-electron chi connectivity index (χ0n) is 11.2. The lowest BCUT2D eigenvalue weighted by Gasteiger charge is -2.19. The van der Waals surface area contributed by atoms with Crippen LogP contribution in [0.25, 0.3) is 0 Å². The van der Waals surface area contributed by atoms with Crippen LogP contribution >= 0.6 is 0 Å². The summed E-state index contributed by atoms with van der Waals surface area (Å²) in [6, 6.07) is -0.257. The first-order valence-corrected chi connectivity index (χ1v) is 6.20. The standard InChI is InChI=1S/C12H20N4O3/c1-9(11(17)18)8-16(2)12(19)15-5-3-4-10-13-6-7-14-10/h6-7,9H,3-5,8H2,1-2H3,(H,13,14)(H,15,19)(H,17,18). The van der Waals surface area contributed by atoms with Crippen LogP contribution in [0, 0.1) is 5.92 Å². The Labute approximate surface area is 112 Å². The summed E-state index contributed by atoms with van der Waals surface area (Å²) >= 11 is 0. The molecule has 1 aromatic rings. The van der Waals surface area contributed by atoms with Gasteiger partial charge in [-0.25, -0.2) is 9.78 Å². The van der Waals surface area contributed by atoms with E-state index in [1.807, 2.05) is 0 Å². The number of urea groups is 1. The molecule has 1 rings (SSSR count). The Morgan fingerprint density at radius 3 is 2.89 bits per heavy atom. The molecule has 1 aromatic heterocycles. The number of aryl methyl sites for hydroxylation is 1. The zero-order valence-corrected chi connectivity index (χ0v) is 11.2. The number of hydrogen-bond donors (Lipinski definition) is 3. The molecule has 1 heterocycles.